The van der Waals surface area contributed by atoms with Crippen molar-refractivity contribution < 1.29 is 19.1 Å². The van der Waals surface area contributed by atoms with E-state index >= 15 is 0 Å². The largest absolute Gasteiger partial charge is 0.478 e. The number of carboxylic acids is 1. The summed E-state index contributed by atoms with van der Waals surface area (Å²) >= 11 is 0. The highest BCUT2D eigenvalue weighted by Crippen LogP contribution is 2.27. The molecule has 0 saturated carbocycles. The SMILES string of the molecule is CNC(=O)/C(C#N)=C/c1ccc(-c2ccc(C(=O)O)cc2C)o1. The van der Waals surface area contributed by atoms with Crippen LogP contribution in [0, 0.1) is 18.3 Å². The van der Waals surface area contributed by atoms with Gasteiger partial charge >= 0.3 is 5.97 Å². The Kier molecular flexibility index (Phi) is 4.62. The maximum Gasteiger partial charge on any atom is 0.335 e. The standard InChI is InChI=1S/C17H14N2O4/c1-10-7-11(17(21)22)3-5-14(10)15-6-4-13(23-15)8-12(9-18)16(20)19-2/h3-8H,1-2H3,(H,19,20)(H,21,22)/b12-8+. The number of nitrogens with zero attached hydrogens (tertiary/aromatic N) is 1. The predicted molar refractivity (Wildman–Crippen MR) is 83.5 cm³/mol. The average molecular weight is 310 g/mol. The molecule has 2 aromatic rings. The van der Waals surface area contributed by atoms with Crippen molar-refractivity contribution in [3.63, 3.8) is 0 Å². The Morgan fingerprint density at radius 2 is 2.04 bits per heavy atom. The minimum atomic E-state index is -0.994. The molecule has 6 heteroatoms. The Labute approximate surface area is 132 Å². The molecule has 0 aliphatic heterocycles. The van der Waals surface area contributed by atoms with Crippen LogP contribution in [-0.2, 0) is 4.79 Å². The topological polar surface area (TPSA) is 103 Å². The highest BCUT2D eigenvalue weighted by molar-refractivity contribution is 6.01. The molecule has 0 spiro atoms. The smallest absolute Gasteiger partial charge is 0.335 e. The number of amides is 1. The Morgan fingerprint density at radius 3 is 2.61 bits per heavy atom. The van der Waals surface area contributed by atoms with Gasteiger partial charge in [0, 0.05) is 18.7 Å². The van der Waals surface area contributed by atoms with Gasteiger partial charge in [0.05, 0.1) is 5.56 Å². The molecule has 1 heterocycles. The normalized spacial score (nSPS) is 10.9. The first-order chi connectivity index (χ1) is 11.0. The van der Waals surface area contributed by atoms with Gasteiger partial charge in [0.2, 0.25) is 0 Å². The molecule has 0 radical (unpaired) electrons. The zero-order chi connectivity index (χ0) is 17.0. The van der Waals surface area contributed by atoms with Crippen molar-refractivity contribution in [1.82, 2.24) is 5.32 Å². The van der Waals surface area contributed by atoms with Crippen LogP contribution in [0.1, 0.15) is 21.7 Å². The van der Waals surface area contributed by atoms with Crippen LogP contribution in [-0.4, -0.2) is 24.0 Å². The van der Waals surface area contributed by atoms with Crippen LogP contribution < -0.4 is 5.32 Å². The molecular weight excluding hydrogens is 296 g/mol. The second kappa shape index (κ2) is 6.62. The number of rotatable bonds is 4. The molecule has 23 heavy (non-hydrogen) atoms. The van der Waals surface area contributed by atoms with Crippen molar-refractivity contribution in [2.45, 2.75) is 6.92 Å². The van der Waals surface area contributed by atoms with Gasteiger partial charge in [0.25, 0.3) is 5.91 Å². The number of carbonyl (C=O) groups excluding carboxylic acids is 1. The third-order valence-corrected chi connectivity index (χ3v) is 3.24. The van der Waals surface area contributed by atoms with Gasteiger partial charge in [-0.1, -0.05) is 6.07 Å². The molecule has 0 bridgehead atoms. The molecule has 0 aliphatic rings. The summed E-state index contributed by atoms with van der Waals surface area (Å²) in [7, 11) is 1.44. The minimum absolute atomic E-state index is 0.0636. The predicted octanol–water partition coefficient (Wildman–Crippen LogP) is 2.61. The molecule has 1 amide bonds. The van der Waals surface area contributed by atoms with E-state index in [1.807, 2.05) is 0 Å². The number of aromatic carboxylic acids is 1. The zero-order valence-corrected chi connectivity index (χ0v) is 12.6. The van der Waals surface area contributed by atoms with E-state index in [1.165, 1.54) is 19.2 Å². The third-order valence-electron chi connectivity index (χ3n) is 3.24. The lowest BCUT2D eigenvalue weighted by atomic mass is 10.0. The number of likely N-dealkylation sites (N-methyl/N-ethyl adjacent to an activating group) is 1. The van der Waals surface area contributed by atoms with Crippen molar-refractivity contribution in [2.75, 3.05) is 7.05 Å². The molecule has 0 atom stereocenters. The van der Waals surface area contributed by atoms with Crippen LogP contribution in [0.2, 0.25) is 0 Å². The monoisotopic (exact) mass is 310 g/mol. The number of hydrogen-bond donors (Lipinski definition) is 2. The first-order valence-corrected chi connectivity index (χ1v) is 6.74. The first kappa shape index (κ1) is 16.0. The van der Waals surface area contributed by atoms with Crippen LogP contribution in [0.5, 0.6) is 0 Å². The van der Waals surface area contributed by atoms with Crippen LogP contribution in [0.4, 0.5) is 0 Å². The molecule has 0 saturated heterocycles. The number of hydrogen-bond acceptors (Lipinski definition) is 4. The lowest BCUT2D eigenvalue weighted by Crippen LogP contribution is -2.18. The van der Waals surface area contributed by atoms with Gasteiger partial charge in [0.15, 0.2) is 0 Å². The Bertz CT molecular complexity index is 841. The van der Waals surface area contributed by atoms with E-state index in [4.69, 9.17) is 14.8 Å². The zero-order valence-electron chi connectivity index (χ0n) is 12.6. The molecule has 0 unspecified atom stereocenters. The molecule has 1 aromatic carbocycles. The number of benzene rings is 1. The number of furan rings is 1. The summed E-state index contributed by atoms with van der Waals surface area (Å²) in [6, 6.07) is 9.86. The second-order valence-electron chi connectivity index (χ2n) is 4.79. The third kappa shape index (κ3) is 3.47. The van der Waals surface area contributed by atoms with E-state index in [1.54, 1.807) is 37.3 Å². The lowest BCUT2D eigenvalue weighted by Gasteiger charge is -2.04. The quantitative estimate of drug-likeness (QED) is 0.667. The van der Waals surface area contributed by atoms with Gasteiger partial charge in [-0.05, 0) is 36.8 Å². The summed E-state index contributed by atoms with van der Waals surface area (Å²) in [4.78, 5) is 22.4. The number of nitrogens with one attached hydrogen (secondary N) is 1. The van der Waals surface area contributed by atoms with Crippen molar-refractivity contribution in [2.24, 2.45) is 0 Å². The second-order valence-corrected chi connectivity index (χ2v) is 4.79. The van der Waals surface area contributed by atoms with E-state index in [0.717, 1.165) is 11.1 Å². The first-order valence-electron chi connectivity index (χ1n) is 6.74. The minimum Gasteiger partial charge on any atom is -0.478 e. The van der Waals surface area contributed by atoms with Crippen molar-refractivity contribution in [3.8, 4) is 17.4 Å². The van der Waals surface area contributed by atoms with Crippen LogP contribution in [0.3, 0.4) is 0 Å². The van der Waals surface area contributed by atoms with E-state index < -0.39 is 11.9 Å². The Balaban J connectivity index is 2.37. The van der Waals surface area contributed by atoms with Crippen molar-refractivity contribution in [3.05, 3.63) is 52.8 Å². The number of carboxylic acid groups (broad SMARTS) is 1. The molecule has 2 N–H and O–H groups in total. The van der Waals surface area contributed by atoms with Gasteiger partial charge < -0.3 is 14.8 Å². The van der Waals surface area contributed by atoms with Gasteiger partial charge in [-0.3, -0.25) is 4.79 Å². The molecule has 0 fully saturated rings. The van der Waals surface area contributed by atoms with E-state index in [0.29, 0.717) is 11.5 Å². The fourth-order valence-electron chi connectivity index (χ4n) is 2.07. The molecule has 116 valence electrons. The highest BCUT2D eigenvalue weighted by atomic mass is 16.4. The Hall–Kier alpha value is -3.33. The van der Waals surface area contributed by atoms with E-state index in [9.17, 15) is 9.59 Å². The highest BCUT2D eigenvalue weighted by Gasteiger charge is 2.12. The molecular formula is C17H14N2O4. The Morgan fingerprint density at radius 1 is 1.30 bits per heavy atom. The summed E-state index contributed by atoms with van der Waals surface area (Å²) < 4.78 is 5.62. The van der Waals surface area contributed by atoms with Gasteiger partial charge in [0.1, 0.15) is 23.2 Å². The van der Waals surface area contributed by atoms with E-state index in [-0.39, 0.29) is 11.1 Å². The van der Waals surface area contributed by atoms with Crippen molar-refractivity contribution >= 4 is 18.0 Å². The summed E-state index contributed by atoms with van der Waals surface area (Å²) in [6.45, 7) is 1.78. The molecule has 0 aliphatic carbocycles. The van der Waals surface area contributed by atoms with Gasteiger partial charge in [-0.25, -0.2) is 4.79 Å². The van der Waals surface area contributed by atoms with Crippen LogP contribution in [0.15, 0.2) is 40.3 Å². The molecule has 6 nitrogen and oxygen atoms in total. The summed E-state index contributed by atoms with van der Waals surface area (Å²) in [5.74, 6) is -0.596. The fourth-order valence-corrected chi connectivity index (χ4v) is 2.07. The van der Waals surface area contributed by atoms with Crippen molar-refractivity contribution in [1.29, 1.82) is 5.26 Å². The van der Waals surface area contributed by atoms with Crippen LogP contribution in [0.25, 0.3) is 17.4 Å². The van der Waals surface area contributed by atoms with Gasteiger partial charge in [-0.2, -0.15) is 5.26 Å². The fraction of sp³-hybridized carbons (Fsp3) is 0.118. The number of nitriles is 1. The maximum absolute atomic E-state index is 11.5. The number of aryl methyl sites for hydroxylation is 1. The lowest BCUT2D eigenvalue weighted by molar-refractivity contribution is -0.116. The molecule has 2 rings (SSSR count). The summed E-state index contributed by atoms with van der Waals surface area (Å²) in [5.41, 5.74) is 1.63. The van der Waals surface area contributed by atoms with Gasteiger partial charge in [-0.15, -0.1) is 0 Å². The maximum atomic E-state index is 11.5. The summed E-state index contributed by atoms with van der Waals surface area (Å²) in [5, 5.41) is 20.3. The number of carbonyl (C=O) groups is 2. The van der Waals surface area contributed by atoms with E-state index in [2.05, 4.69) is 5.32 Å². The van der Waals surface area contributed by atoms with Crippen LogP contribution >= 0.6 is 0 Å². The molecule has 1 aromatic heterocycles. The summed E-state index contributed by atoms with van der Waals surface area (Å²) in [6.07, 6.45) is 1.35. The average Bonchev–Trinajstić information content (AvgIpc) is 2.99.